The third-order valence-corrected chi connectivity index (χ3v) is 4.47. The molecule has 2 heterocycles. The Balaban J connectivity index is 0.000000512. The van der Waals surface area contributed by atoms with Gasteiger partial charge in [-0.3, -0.25) is 4.79 Å². The maximum absolute atomic E-state index is 12.2. The minimum absolute atomic E-state index is 0.0215. The molecule has 11 heteroatoms. The lowest BCUT2D eigenvalue weighted by molar-refractivity contribution is -0.134. The summed E-state index contributed by atoms with van der Waals surface area (Å²) in [5.41, 5.74) is -0.293. The first kappa shape index (κ1) is 25.9. The van der Waals surface area contributed by atoms with E-state index < -0.39 is 11.9 Å². The molecule has 10 nitrogen and oxygen atoms in total. The van der Waals surface area contributed by atoms with Crippen LogP contribution >= 0.6 is 11.6 Å². The fraction of sp³-hybridized carbons (Fsp3) is 0.450. The lowest BCUT2D eigenvalue weighted by Gasteiger charge is -2.28. The number of nitriles is 1. The van der Waals surface area contributed by atoms with Crippen molar-refractivity contribution < 1.29 is 24.6 Å². The molecule has 0 saturated carbocycles. The molecule has 0 unspecified atom stereocenters. The lowest BCUT2D eigenvalue weighted by Crippen LogP contribution is -2.50. The molecule has 0 aromatic carbocycles. The van der Waals surface area contributed by atoms with Crippen LogP contribution in [-0.4, -0.2) is 69.2 Å². The Morgan fingerprint density at radius 1 is 1.32 bits per heavy atom. The van der Waals surface area contributed by atoms with Gasteiger partial charge in [0.25, 0.3) is 0 Å². The SMILES string of the molecule is CC(C)(CNc1ccc(Cl)cn1)NCC(=O)N1CCC[C@H]1C#N.O=C(O)/C=C/C(=O)O. The van der Waals surface area contributed by atoms with E-state index >= 15 is 0 Å². The number of amides is 1. The minimum Gasteiger partial charge on any atom is -0.478 e. The van der Waals surface area contributed by atoms with Crippen molar-refractivity contribution in [1.82, 2.24) is 15.2 Å². The number of nitrogens with one attached hydrogen (secondary N) is 2. The van der Waals surface area contributed by atoms with Crippen molar-refractivity contribution in [2.45, 2.75) is 38.3 Å². The van der Waals surface area contributed by atoms with Crippen molar-refractivity contribution in [2.75, 3.05) is 25.0 Å². The van der Waals surface area contributed by atoms with E-state index in [1.165, 1.54) is 0 Å². The zero-order chi connectivity index (χ0) is 23.4. The normalized spacial score (nSPS) is 15.7. The summed E-state index contributed by atoms with van der Waals surface area (Å²) >= 11 is 5.80. The monoisotopic (exact) mass is 451 g/mol. The van der Waals surface area contributed by atoms with E-state index in [0.717, 1.165) is 18.7 Å². The smallest absolute Gasteiger partial charge is 0.328 e. The molecule has 0 radical (unpaired) electrons. The van der Waals surface area contributed by atoms with E-state index in [1.54, 1.807) is 17.2 Å². The summed E-state index contributed by atoms with van der Waals surface area (Å²) in [6, 6.07) is 5.50. The number of carboxylic acid groups (broad SMARTS) is 2. The third-order valence-electron chi connectivity index (χ3n) is 4.25. The predicted molar refractivity (Wildman–Crippen MR) is 115 cm³/mol. The minimum atomic E-state index is -1.26. The van der Waals surface area contributed by atoms with E-state index in [-0.39, 0.29) is 24.0 Å². The quantitative estimate of drug-likeness (QED) is 0.432. The molecule has 0 bridgehead atoms. The number of hydrogen-bond acceptors (Lipinski definition) is 7. The van der Waals surface area contributed by atoms with E-state index in [9.17, 15) is 14.4 Å². The largest absolute Gasteiger partial charge is 0.478 e. The van der Waals surface area contributed by atoms with Gasteiger partial charge < -0.3 is 25.7 Å². The molecular formula is C20H26ClN5O5. The van der Waals surface area contributed by atoms with Gasteiger partial charge in [0.2, 0.25) is 5.91 Å². The first-order valence-corrected chi connectivity index (χ1v) is 9.85. The number of nitrogens with zero attached hydrogens (tertiary/aromatic N) is 3. The fourth-order valence-electron chi connectivity index (χ4n) is 2.61. The van der Waals surface area contributed by atoms with Gasteiger partial charge in [-0.15, -0.1) is 0 Å². The van der Waals surface area contributed by atoms with Gasteiger partial charge in [0.1, 0.15) is 11.9 Å². The molecule has 1 aromatic rings. The summed E-state index contributed by atoms with van der Waals surface area (Å²) in [6.45, 7) is 5.52. The van der Waals surface area contributed by atoms with Crippen molar-refractivity contribution in [3.8, 4) is 6.07 Å². The lowest BCUT2D eigenvalue weighted by atomic mass is 10.1. The number of carbonyl (C=O) groups is 3. The van der Waals surface area contributed by atoms with Crippen molar-refractivity contribution in [3.05, 3.63) is 35.5 Å². The van der Waals surface area contributed by atoms with Crippen LogP contribution in [0.2, 0.25) is 5.02 Å². The van der Waals surface area contributed by atoms with Crippen LogP contribution in [0, 0.1) is 11.3 Å². The number of halogens is 1. The molecule has 1 aromatic heterocycles. The van der Waals surface area contributed by atoms with E-state index in [0.29, 0.717) is 30.3 Å². The Morgan fingerprint density at radius 2 is 1.97 bits per heavy atom. The maximum Gasteiger partial charge on any atom is 0.328 e. The Hall–Kier alpha value is -3.16. The number of likely N-dealkylation sites (tertiary alicyclic amines) is 1. The number of pyridine rings is 1. The highest BCUT2D eigenvalue weighted by molar-refractivity contribution is 6.30. The predicted octanol–water partition coefficient (Wildman–Crippen LogP) is 1.74. The van der Waals surface area contributed by atoms with Crippen molar-refractivity contribution in [2.24, 2.45) is 0 Å². The molecule has 168 valence electrons. The van der Waals surface area contributed by atoms with E-state index in [1.807, 2.05) is 19.9 Å². The van der Waals surface area contributed by atoms with Gasteiger partial charge in [-0.1, -0.05) is 11.6 Å². The average Bonchev–Trinajstić information content (AvgIpc) is 3.20. The molecule has 1 saturated heterocycles. The summed E-state index contributed by atoms with van der Waals surface area (Å²) in [5.74, 6) is -1.80. The van der Waals surface area contributed by atoms with Gasteiger partial charge in [-0.25, -0.2) is 14.6 Å². The molecule has 0 spiro atoms. The average molecular weight is 452 g/mol. The summed E-state index contributed by atoms with van der Waals surface area (Å²) in [6.07, 6.45) is 4.38. The van der Waals surface area contributed by atoms with Crippen LogP contribution in [-0.2, 0) is 14.4 Å². The molecule has 1 atom stereocenters. The van der Waals surface area contributed by atoms with Crippen LogP contribution in [0.3, 0.4) is 0 Å². The molecule has 4 N–H and O–H groups in total. The Labute approximate surface area is 185 Å². The first-order valence-electron chi connectivity index (χ1n) is 9.47. The first-order chi connectivity index (χ1) is 14.5. The molecule has 1 amide bonds. The van der Waals surface area contributed by atoms with E-state index in [4.69, 9.17) is 27.1 Å². The van der Waals surface area contributed by atoms with Crippen LogP contribution in [0.5, 0.6) is 0 Å². The summed E-state index contributed by atoms with van der Waals surface area (Å²) in [4.78, 5) is 37.2. The van der Waals surface area contributed by atoms with Crippen molar-refractivity contribution >= 4 is 35.3 Å². The molecule has 1 aliphatic rings. The number of aromatic nitrogens is 1. The van der Waals surface area contributed by atoms with E-state index in [2.05, 4.69) is 21.7 Å². The van der Waals surface area contributed by atoms with Gasteiger partial charge in [-0.2, -0.15) is 5.26 Å². The third kappa shape index (κ3) is 10.4. The Bertz CT molecular complexity index is 819. The highest BCUT2D eigenvalue weighted by Gasteiger charge is 2.29. The number of carboxylic acids is 2. The van der Waals surface area contributed by atoms with Crippen LogP contribution in [0.25, 0.3) is 0 Å². The van der Waals surface area contributed by atoms with Crippen LogP contribution < -0.4 is 10.6 Å². The molecule has 2 rings (SSSR count). The van der Waals surface area contributed by atoms with Crippen LogP contribution in [0.4, 0.5) is 5.82 Å². The zero-order valence-electron chi connectivity index (χ0n) is 17.3. The fourth-order valence-corrected chi connectivity index (χ4v) is 2.72. The summed E-state index contributed by atoms with van der Waals surface area (Å²) in [5, 5.41) is 31.7. The number of carbonyl (C=O) groups excluding carboxylic acids is 1. The number of hydrogen-bond donors (Lipinski definition) is 4. The Morgan fingerprint density at radius 3 is 2.48 bits per heavy atom. The van der Waals surface area contributed by atoms with Gasteiger partial charge in [0.05, 0.1) is 17.6 Å². The van der Waals surface area contributed by atoms with Gasteiger partial charge in [-0.05, 0) is 38.8 Å². The summed E-state index contributed by atoms with van der Waals surface area (Å²) in [7, 11) is 0. The highest BCUT2D eigenvalue weighted by Crippen LogP contribution is 2.16. The second-order valence-corrected chi connectivity index (χ2v) is 7.77. The summed E-state index contributed by atoms with van der Waals surface area (Å²) < 4.78 is 0. The van der Waals surface area contributed by atoms with Crippen molar-refractivity contribution in [3.63, 3.8) is 0 Å². The van der Waals surface area contributed by atoms with Crippen LogP contribution in [0.1, 0.15) is 26.7 Å². The van der Waals surface area contributed by atoms with Gasteiger partial charge in [0, 0.05) is 37.0 Å². The number of aliphatic carboxylic acids is 2. The molecule has 0 aliphatic carbocycles. The number of rotatable bonds is 8. The standard InChI is InChI=1S/C16H22ClN5O.C4H4O4/c1-16(2,11-20-14-6-5-12(17)9-19-14)21-10-15(23)22-7-3-4-13(22)8-18;5-3(6)1-2-4(7)8/h5-6,9,13,21H,3-4,7,10-11H2,1-2H3,(H,19,20);1-2H,(H,5,6)(H,7,8)/b;2-1+/t13-;/m0./s1. The molecule has 1 aliphatic heterocycles. The zero-order valence-corrected chi connectivity index (χ0v) is 18.1. The number of anilines is 1. The highest BCUT2D eigenvalue weighted by atomic mass is 35.5. The molecule has 1 fully saturated rings. The molecule has 31 heavy (non-hydrogen) atoms. The molecular weight excluding hydrogens is 426 g/mol. The van der Waals surface area contributed by atoms with Gasteiger partial charge in [0.15, 0.2) is 0 Å². The topological polar surface area (TPSA) is 156 Å². The Kier molecular flexibility index (Phi) is 10.4. The maximum atomic E-state index is 12.2. The van der Waals surface area contributed by atoms with Crippen molar-refractivity contribution in [1.29, 1.82) is 5.26 Å². The second-order valence-electron chi connectivity index (χ2n) is 7.34. The second kappa shape index (κ2) is 12.5. The van der Waals surface area contributed by atoms with Crippen LogP contribution in [0.15, 0.2) is 30.5 Å². The van der Waals surface area contributed by atoms with Gasteiger partial charge >= 0.3 is 11.9 Å².